The first-order valence-corrected chi connectivity index (χ1v) is 7.24. The molecule has 102 valence electrons. The van der Waals surface area contributed by atoms with Crippen LogP contribution < -0.4 is 5.32 Å². The predicted molar refractivity (Wildman–Crippen MR) is 77.6 cm³/mol. The third kappa shape index (κ3) is 5.52. The minimum absolute atomic E-state index is 0.141. The maximum absolute atomic E-state index is 13.5. The van der Waals surface area contributed by atoms with Crippen LogP contribution in [0.4, 0.5) is 10.1 Å². The summed E-state index contributed by atoms with van der Waals surface area (Å²) < 4.78 is 13.5. The number of halogens is 1. The van der Waals surface area contributed by atoms with Crippen LogP contribution >= 0.6 is 0 Å². The van der Waals surface area contributed by atoms with Gasteiger partial charge in [0.2, 0.25) is 0 Å². The van der Waals surface area contributed by atoms with Crippen LogP contribution in [0.3, 0.4) is 0 Å². The van der Waals surface area contributed by atoms with Gasteiger partial charge in [-0.3, -0.25) is 0 Å². The minimum atomic E-state index is -0.141. The van der Waals surface area contributed by atoms with E-state index in [1.54, 1.807) is 6.07 Å². The third-order valence-electron chi connectivity index (χ3n) is 3.30. The second kappa shape index (κ2) is 8.96. The van der Waals surface area contributed by atoms with Crippen molar-refractivity contribution in [3.63, 3.8) is 0 Å². The molecule has 0 aliphatic rings. The number of para-hydroxylation sites is 1. The zero-order valence-electron chi connectivity index (χ0n) is 11.8. The number of unbranched alkanes of at least 4 members (excludes halogenated alkanes) is 6. The largest absolute Gasteiger partial charge is 0.382 e. The molecule has 0 unspecified atom stereocenters. The second-order valence-electron chi connectivity index (χ2n) is 4.98. The van der Waals surface area contributed by atoms with E-state index in [2.05, 4.69) is 12.2 Å². The number of hydrogen-bond donors (Lipinski definition) is 1. The van der Waals surface area contributed by atoms with Crippen LogP contribution in [0.5, 0.6) is 0 Å². The molecule has 1 nitrogen and oxygen atoms in total. The lowest BCUT2D eigenvalue weighted by Gasteiger charge is -2.10. The Morgan fingerprint density at radius 3 is 2.33 bits per heavy atom. The average molecular weight is 251 g/mol. The van der Waals surface area contributed by atoms with Gasteiger partial charge >= 0.3 is 0 Å². The zero-order valence-corrected chi connectivity index (χ0v) is 11.8. The molecule has 0 aliphatic carbocycles. The molecule has 0 amide bonds. The van der Waals surface area contributed by atoms with E-state index in [0.29, 0.717) is 5.69 Å². The zero-order chi connectivity index (χ0) is 13.2. The Morgan fingerprint density at radius 2 is 1.67 bits per heavy atom. The summed E-state index contributed by atoms with van der Waals surface area (Å²) in [5.74, 6) is -0.141. The van der Waals surface area contributed by atoms with Gasteiger partial charge in [0, 0.05) is 6.54 Å². The fourth-order valence-electron chi connectivity index (χ4n) is 2.15. The molecule has 1 rings (SSSR count). The highest BCUT2D eigenvalue weighted by Gasteiger charge is 2.03. The van der Waals surface area contributed by atoms with Crippen LogP contribution in [-0.4, -0.2) is 6.54 Å². The molecule has 1 N–H and O–H groups in total. The molecule has 0 aromatic heterocycles. The topological polar surface area (TPSA) is 12.0 Å². The summed E-state index contributed by atoms with van der Waals surface area (Å²) in [6.07, 6.45) is 9.02. The van der Waals surface area contributed by atoms with Gasteiger partial charge in [-0.15, -0.1) is 0 Å². The van der Waals surface area contributed by atoms with Gasteiger partial charge in [0.05, 0.1) is 5.69 Å². The molecule has 1 aromatic rings. The normalized spacial score (nSPS) is 10.6. The van der Waals surface area contributed by atoms with E-state index < -0.39 is 0 Å². The van der Waals surface area contributed by atoms with Crippen LogP contribution in [0, 0.1) is 12.7 Å². The standard InChI is InChI=1S/C16H26FN/c1-3-4-5-6-7-8-9-13-18-16-14(2)11-10-12-15(16)17/h10-12,18H,3-9,13H2,1-2H3. The Balaban J connectivity index is 2.11. The first kappa shape index (κ1) is 15.0. The van der Waals surface area contributed by atoms with Gasteiger partial charge in [0.25, 0.3) is 0 Å². The van der Waals surface area contributed by atoms with Gasteiger partial charge < -0.3 is 5.32 Å². The number of rotatable bonds is 9. The lowest BCUT2D eigenvalue weighted by atomic mass is 10.1. The van der Waals surface area contributed by atoms with Crippen LogP contribution in [0.2, 0.25) is 0 Å². The Labute approximate surface area is 111 Å². The summed E-state index contributed by atoms with van der Waals surface area (Å²) in [4.78, 5) is 0. The van der Waals surface area contributed by atoms with Crippen molar-refractivity contribution in [1.29, 1.82) is 0 Å². The second-order valence-corrected chi connectivity index (χ2v) is 4.98. The van der Waals surface area contributed by atoms with Crippen molar-refractivity contribution in [2.45, 2.75) is 58.8 Å². The fourth-order valence-corrected chi connectivity index (χ4v) is 2.15. The third-order valence-corrected chi connectivity index (χ3v) is 3.30. The van der Waals surface area contributed by atoms with Gasteiger partial charge in [-0.05, 0) is 25.0 Å². The molecule has 0 bridgehead atoms. The molecule has 0 radical (unpaired) electrons. The molecule has 0 spiro atoms. The SMILES string of the molecule is CCCCCCCCCNc1c(C)cccc1F. The van der Waals surface area contributed by atoms with E-state index in [9.17, 15) is 4.39 Å². The molecule has 0 saturated carbocycles. The number of benzene rings is 1. The highest BCUT2D eigenvalue weighted by Crippen LogP contribution is 2.18. The molecule has 0 fully saturated rings. The maximum Gasteiger partial charge on any atom is 0.146 e. The summed E-state index contributed by atoms with van der Waals surface area (Å²) in [7, 11) is 0. The first-order valence-electron chi connectivity index (χ1n) is 7.24. The van der Waals surface area contributed by atoms with Gasteiger partial charge in [-0.2, -0.15) is 0 Å². The van der Waals surface area contributed by atoms with Crippen LogP contribution in [0.25, 0.3) is 0 Å². The first-order chi connectivity index (χ1) is 8.75. The summed E-state index contributed by atoms with van der Waals surface area (Å²) in [6.45, 7) is 5.05. The van der Waals surface area contributed by atoms with Crippen LogP contribution in [-0.2, 0) is 0 Å². The Bertz CT molecular complexity index is 316. The molecule has 0 saturated heterocycles. The highest BCUT2D eigenvalue weighted by molar-refractivity contribution is 5.51. The molecular formula is C16H26FN. The Hall–Kier alpha value is -1.05. The van der Waals surface area contributed by atoms with Gasteiger partial charge in [-0.25, -0.2) is 4.39 Å². The Kier molecular flexibility index (Phi) is 7.47. The van der Waals surface area contributed by atoms with Gasteiger partial charge in [-0.1, -0.05) is 57.6 Å². The smallest absolute Gasteiger partial charge is 0.146 e. The summed E-state index contributed by atoms with van der Waals surface area (Å²) in [5, 5.41) is 3.21. The average Bonchev–Trinajstić information content (AvgIpc) is 2.35. The van der Waals surface area contributed by atoms with Crippen LogP contribution in [0.15, 0.2) is 18.2 Å². The molecule has 18 heavy (non-hydrogen) atoms. The van der Waals surface area contributed by atoms with Crippen molar-refractivity contribution in [2.24, 2.45) is 0 Å². The van der Waals surface area contributed by atoms with E-state index in [1.807, 2.05) is 13.0 Å². The van der Waals surface area contributed by atoms with Crippen molar-refractivity contribution in [1.82, 2.24) is 0 Å². The lowest BCUT2D eigenvalue weighted by molar-refractivity contribution is 0.594. The number of hydrogen-bond acceptors (Lipinski definition) is 1. The van der Waals surface area contributed by atoms with E-state index in [-0.39, 0.29) is 5.82 Å². The quantitative estimate of drug-likeness (QED) is 0.587. The number of aryl methyl sites for hydroxylation is 1. The van der Waals surface area contributed by atoms with Crippen molar-refractivity contribution >= 4 is 5.69 Å². The molecule has 1 aromatic carbocycles. The predicted octanol–water partition coefficient (Wildman–Crippen LogP) is 5.30. The van der Waals surface area contributed by atoms with Crippen molar-refractivity contribution in [3.05, 3.63) is 29.6 Å². The Morgan fingerprint density at radius 1 is 1.00 bits per heavy atom. The monoisotopic (exact) mass is 251 g/mol. The van der Waals surface area contributed by atoms with Crippen LogP contribution in [0.1, 0.15) is 57.4 Å². The number of nitrogens with one attached hydrogen (secondary N) is 1. The lowest BCUT2D eigenvalue weighted by Crippen LogP contribution is -2.05. The van der Waals surface area contributed by atoms with E-state index in [1.165, 1.54) is 44.6 Å². The van der Waals surface area contributed by atoms with Gasteiger partial charge in [0.1, 0.15) is 5.82 Å². The van der Waals surface area contributed by atoms with E-state index in [4.69, 9.17) is 0 Å². The van der Waals surface area contributed by atoms with E-state index >= 15 is 0 Å². The maximum atomic E-state index is 13.5. The molecule has 2 heteroatoms. The molecule has 0 heterocycles. The highest BCUT2D eigenvalue weighted by atomic mass is 19.1. The fraction of sp³-hybridized carbons (Fsp3) is 0.625. The number of anilines is 1. The summed E-state index contributed by atoms with van der Waals surface area (Å²) in [6, 6.07) is 5.21. The summed E-state index contributed by atoms with van der Waals surface area (Å²) >= 11 is 0. The minimum Gasteiger partial charge on any atom is -0.382 e. The molecule has 0 atom stereocenters. The van der Waals surface area contributed by atoms with Crippen molar-refractivity contribution in [3.8, 4) is 0 Å². The van der Waals surface area contributed by atoms with E-state index in [0.717, 1.165) is 18.5 Å². The summed E-state index contributed by atoms with van der Waals surface area (Å²) in [5.41, 5.74) is 1.65. The molecule has 0 aliphatic heterocycles. The molecular weight excluding hydrogens is 225 g/mol. The van der Waals surface area contributed by atoms with Gasteiger partial charge in [0.15, 0.2) is 0 Å². The van der Waals surface area contributed by atoms with Crippen molar-refractivity contribution < 1.29 is 4.39 Å². The van der Waals surface area contributed by atoms with Crippen molar-refractivity contribution in [2.75, 3.05) is 11.9 Å².